The summed E-state index contributed by atoms with van der Waals surface area (Å²) in [7, 11) is -0.832. The molecule has 7 nitrogen and oxygen atoms in total. The average Bonchev–Trinajstić information content (AvgIpc) is 2.95. The van der Waals surface area contributed by atoms with Crippen LogP contribution in [-0.2, 0) is 16.6 Å². The molecule has 0 amide bonds. The van der Waals surface area contributed by atoms with Crippen molar-refractivity contribution in [1.29, 1.82) is 0 Å². The summed E-state index contributed by atoms with van der Waals surface area (Å²) in [6, 6.07) is 6.60. The van der Waals surface area contributed by atoms with Crippen molar-refractivity contribution >= 4 is 15.7 Å². The highest BCUT2D eigenvalue weighted by atomic mass is 32.2. The number of hydrogen-bond donors (Lipinski definition) is 2. The van der Waals surface area contributed by atoms with Crippen molar-refractivity contribution < 1.29 is 18.3 Å². The molecule has 2 aromatic rings. The van der Waals surface area contributed by atoms with E-state index in [1.807, 2.05) is 0 Å². The summed E-state index contributed by atoms with van der Waals surface area (Å²) >= 11 is 0. The highest BCUT2D eigenvalue weighted by Gasteiger charge is 2.26. The van der Waals surface area contributed by atoms with Crippen LogP contribution in [0.1, 0.15) is 5.56 Å². The van der Waals surface area contributed by atoms with Gasteiger partial charge in [0.25, 0.3) is 10.0 Å². The van der Waals surface area contributed by atoms with Crippen molar-refractivity contribution in [1.82, 2.24) is 10.2 Å². The third-order valence-electron chi connectivity index (χ3n) is 2.90. The number of anilines is 1. The molecule has 0 saturated heterocycles. The maximum absolute atomic E-state index is 12.4. The number of ether oxygens (including phenoxy) is 1. The Hall–Kier alpha value is -2.06. The Kier molecular flexibility index (Phi) is 3.96. The molecule has 0 spiro atoms. The molecule has 0 aliphatic rings. The normalized spacial score (nSPS) is 11.3. The van der Waals surface area contributed by atoms with Gasteiger partial charge in [0.05, 0.1) is 25.6 Å². The molecule has 0 aliphatic carbocycles. The number of aromatic amines is 1. The first-order valence-electron chi connectivity index (χ1n) is 5.76. The van der Waals surface area contributed by atoms with Gasteiger partial charge in [0.2, 0.25) is 0 Å². The molecule has 1 heterocycles. The third kappa shape index (κ3) is 2.47. The fourth-order valence-corrected chi connectivity index (χ4v) is 2.99. The molecule has 0 atom stereocenters. The van der Waals surface area contributed by atoms with Crippen LogP contribution in [0, 0.1) is 0 Å². The predicted octanol–water partition coefficient (Wildman–Crippen LogP) is 0.736. The lowest BCUT2D eigenvalue weighted by Gasteiger charge is -2.19. The second-order valence-corrected chi connectivity index (χ2v) is 5.96. The van der Waals surface area contributed by atoms with Gasteiger partial charge in [-0.1, -0.05) is 0 Å². The van der Waals surface area contributed by atoms with E-state index in [4.69, 9.17) is 9.84 Å². The van der Waals surface area contributed by atoms with Gasteiger partial charge in [0.1, 0.15) is 5.75 Å². The maximum atomic E-state index is 12.4. The minimum Gasteiger partial charge on any atom is -0.497 e. The molecular weight excluding hydrogens is 282 g/mol. The molecule has 0 unspecified atom stereocenters. The lowest BCUT2D eigenvalue weighted by Crippen LogP contribution is -2.27. The number of methoxy groups -OCH3 is 1. The minimum atomic E-state index is -3.80. The van der Waals surface area contributed by atoms with Crippen molar-refractivity contribution in [2.45, 2.75) is 11.6 Å². The average molecular weight is 297 g/mol. The number of aliphatic hydroxyl groups excluding tert-OH is 1. The van der Waals surface area contributed by atoms with Crippen LogP contribution in [0.15, 0.2) is 35.5 Å². The van der Waals surface area contributed by atoms with Gasteiger partial charge in [-0.15, -0.1) is 0 Å². The molecule has 20 heavy (non-hydrogen) atoms. The smallest absolute Gasteiger partial charge is 0.281 e. The molecule has 0 saturated carbocycles. The van der Waals surface area contributed by atoms with Crippen LogP contribution >= 0.6 is 0 Å². The van der Waals surface area contributed by atoms with Crippen LogP contribution in [0.25, 0.3) is 0 Å². The maximum Gasteiger partial charge on any atom is 0.281 e. The van der Waals surface area contributed by atoms with E-state index in [0.717, 1.165) is 4.31 Å². The Labute approximate surface area is 116 Å². The summed E-state index contributed by atoms with van der Waals surface area (Å²) in [6.45, 7) is -0.401. The van der Waals surface area contributed by atoms with Crippen LogP contribution in [0.2, 0.25) is 0 Å². The van der Waals surface area contributed by atoms with E-state index in [0.29, 0.717) is 11.4 Å². The number of aliphatic hydroxyl groups is 1. The summed E-state index contributed by atoms with van der Waals surface area (Å²) in [6.07, 6.45) is 1.29. The zero-order valence-corrected chi connectivity index (χ0v) is 11.9. The van der Waals surface area contributed by atoms with Gasteiger partial charge >= 0.3 is 0 Å². The summed E-state index contributed by atoms with van der Waals surface area (Å²) in [5.74, 6) is 0.636. The number of benzene rings is 1. The van der Waals surface area contributed by atoms with Gasteiger partial charge in [-0.25, -0.2) is 0 Å². The molecule has 0 bridgehead atoms. The van der Waals surface area contributed by atoms with E-state index < -0.39 is 16.6 Å². The van der Waals surface area contributed by atoms with Gasteiger partial charge in [-0.05, 0) is 24.3 Å². The molecule has 0 radical (unpaired) electrons. The zero-order chi connectivity index (χ0) is 14.8. The molecule has 0 aliphatic heterocycles. The van der Waals surface area contributed by atoms with E-state index in [1.165, 1.54) is 20.4 Å². The van der Waals surface area contributed by atoms with Crippen molar-refractivity contribution in [3.8, 4) is 5.75 Å². The summed E-state index contributed by atoms with van der Waals surface area (Å²) < 4.78 is 31.0. The molecule has 1 aromatic heterocycles. The molecular formula is C12H15N3O4S. The van der Waals surface area contributed by atoms with E-state index in [1.54, 1.807) is 24.3 Å². The first-order valence-corrected chi connectivity index (χ1v) is 7.20. The van der Waals surface area contributed by atoms with Crippen LogP contribution in [0.5, 0.6) is 5.75 Å². The molecule has 108 valence electrons. The van der Waals surface area contributed by atoms with E-state index >= 15 is 0 Å². The molecule has 0 fully saturated rings. The zero-order valence-electron chi connectivity index (χ0n) is 11.1. The Morgan fingerprint density at radius 2 is 2.00 bits per heavy atom. The van der Waals surface area contributed by atoms with Crippen molar-refractivity contribution in [3.05, 3.63) is 36.0 Å². The highest BCUT2D eigenvalue weighted by Crippen LogP contribution is 2.24. The summed E-state index contributed by atoms with van der Waals surface area (Å²) in [5.41, 5.74) is 0.703. The van der Waals surface area contributed by atoms with E-state index in [-0.39, 0.29) is 10.6 Å². The van der Waals surface area contributed by atoms with Gasteiger partial charge in [-0.2, -0.15) is 13.5 Å². The van der Waals surface area contributed by atoms with Crippen LogP contribution in [-0.4, -0.2) is 37.9 Å². The number of rotatable bonds is 5. The predicted molar refractivity (Wildman–Crippen MR) is 73.1 cm³/mol. The SMILES string of the molecule is COc1ccc(N(C)S(=O)(=O)c2[nH]ncc2CO)cc1. The number of H-pyrrole nitrogens is 1. The van der Waals surface area contributed by atoms with Gasteiger partial charge in [0.15, 0.2) is 5.03 Å². The fraction of sp³-hybridized carbons (Fsp3) is 0.250. The van der Waals surface area contributed by atoms with E-state index in [2.05, 4.69) is 10.2 Å². The minimum absolute atomic E-state index is 0.113. The summed E-state index contributed by atoms with van der Waals surface area (Å²) in [4.78, 5) is 0. The number of hydrogen-bond acceptors (Lipinski definition) is 5. The summed E-state index contributed by atoms with van der Waals surface area (Å²) in [5, 5.41) is 15.1. The lowest BCUT2D eigenvalue weighted by atomic mass is 10.3. The molecule has 2 N–H and O–H groups in total. The van der Waals surface area contributed by atoms with Crippen LogP contribution < -0.4 is 9.04 Å². The van der Waals surface area contributed by atoms with Crippen molar-refractivity contribution in [2.75, 3.05) is 18.5 Å². The Morgan fingerprint density at radius 1 is 1.35 bits per heavy atom. The Balaban J connectivity index is 2.38. The first-order chi connectivity index (χ1) is 9.50. The van der Waals surface area contributed by atoms with Crippen LogP contribution in [0.3, 0.4) is 0 Å². The third-order valence-corrected chi connectivity index (χ3v) is 4.70. The highest BCUT2D eigenvalue weighted by molar-refractivity contribution is 7.92. The van der Waals surface area contributed by atoms with Crippen molar-refractivity contribution in [3.63, 3.8) is 0 Å². The fourth-order valence-electron chi connectivity index (χ4n) is 1.70. The molecule has 8 heteroatoms. The Bertz CT molecular complexity index is 679. The second kappa shape index (κ2) is 5.51. The molecule has 1 aromatic carbocycles. The lowest BCUT2D eigenvalue weighted by molar-refractivity contribution is 0.278. The van der Waals surface area contributed by atoms with E-state index in [9.17, 15) is 8.42 Å². The van der Waals surface area contributed by atoms with Crippen LogP contribution in [0.4, 0.5) is 5.69 Å². The first kappa shape index (κ1) is 14.4. The van der Waals surface area contributed by atoms with Gasteiger partial charge in [-0.3, -0.25) is 9.40 Å². The van der Waals surface area contributed by atoms with Crippen molar-refractivity contribution in [2.24, 2.45) is 0 Å². The largest absolute Gasteiger partial charge is 0.497 e. The number of sulfonamides is 1. The quantitative estimate of drug-likeness (QED) is 0.848. The second-order valence-electron chi connectivity index (χ2n) is 4.05. The number of nitrogens with zero attached hydrogens (tertiary/aromatic N) is 2. The topological polar surface area (TPSA) is 95.5 Å². The molecule has 2 rings (SSSR count). The Morgan fingerprint density at radius 3 is 2.55 bits per heavy atom. The number of nitrogens with one attached hydrogen (secondary N) is 1. The number of aromatic nitrogens is 2. The van der Waals surface area contributed by atoms with Gasteiger partial charge < -0.3 is 9.84 Å². The monoisotopic (exact) mass is 297 g/mol. The van der Waals surface area contributed by atoms with Gasteiger partial charge in [0, 0.05) is 12.6 Å². The standard InChI is InChI=1S/C12H15N3O4S/c1-15(10-3-5-11(19-2)6-4-10)20(17,18)12-9(8-16)7-13-14-12/h3-7,16H,8H2,1-2H3,(H,13,14).